The van der Waals surface area contributed by atoms with Crippen LogP contribution in [0.4, 0.5) is 23.5 Å². The fourth-order valence-electron chi connectivity index (χ4n) is 2.77. The number of methoxy groups -OCH3 is 1. The van der Waals surface area contributed by atoms with E-state index in [9.17, 15) is 17.6 Å². The topological polar surface area (TPSA) is 39.1 Å². The predicted octanol–water partition coefficient (Wildman–Crippen LogP) is 4.97. The highest BCUT2D eigenvalue weighted by atomic mass is 19.4. The summed E-state index contributed by atoms with van der Waals surface area (Å²) >= 11 is 0. The Hall–Kier alpha value is -2.87. The van der Waals surface area contributed by atoms with Gasteiger partial charge in [0.2, 0.25) is 5.95 Å². The van der Waals surface area contributed by atoms with Crippen LogP contribution in [0.5, 0.6) is 0 Å². The van der Waals surface area contributed by atoms with Gasteiger partial charge in [-0.1, -0.05) is 12.1 Å². The Kier molecular flexibility index (Phi) is 5.99. The maximum atomic E-state index is 13.2. The van der Waals surface area contributed by atoms with Gasteiger partial charge in [0.25, 0.3) is 0 Å². The SMILES string of the molecule is COCCn1c(-c2ccc(F)cc2)cnc1NCc1ccc(C(F)(F)F)cc1. The molecule has 0 saturated carbocycles. The number of aromatic nitrogens is 2. The Morgan fingerprint density at radius 1 is 1.04 bits per heavy atom. The molecule has 0 aliphatic carbocycles. The fourth-order valence-corrected chi connectivity index (χ4v) is 2.77. The lowest BCUT2D eigenvalue weighted by Gasteiger charge is -2.13. The lowest BCUT2D eigenvalue weighted by Crippen LogP contribution is -2.12. The number of ether oxygens (including phenoxy) is 1. The van der Waals surface area contributed by atoms with Crippen LogP contribution in [-0.2, 0) is 24.0 Å². The molecule has 0 saturated heterocycles. The van der Waals surface area contributed by atoms with E-state index in [0.717, 1.165) is 23.4 Å². The molecule has 3 rings (SSSR count). The minimum absolute atomic E-state index is 0.311. The maximum Gasteiger partial charge on any atom is 0.416 e. The van der Waals surface area contributed by atoms with Crippen LogP contribution in [0.25, 0.3) is 11.3 Å². The molecular weight excluding hydrogens is 374 g/mol. The van der Waals surface area contributed by atoms with Gasteiger partial charge in [-0.3, -0.25) is 0 Å². The fraction of sp³-hybridized carbons (Fsp3) is 0.250. The number of nitrogens with one attached hydrogen (secondary N) is 1. The van der Waals surface area contributed by atoms with E-state index in [0.29, 0.717) is 31.2 Å². The van der Waals surface area contributed by atoms with E-state index in [1.54, 1.807) is 25.4 Å². The molecule has 0 spiro atoms. The summed E-state index contributed by atoms with van der Waals surface area (Å²) in [6, 6.07) is 11.0. The molecule has 0 atom stereocenters. The Morgan fingerprint density at radius 3 is 2.32 bits per heavy atom. The van der Waals surface area contributed by atoms with Crippen molar-refractivity contribution in [3.8, 4) is 11.3 Å². The van der Waals surface area contributed by atoms with Crippen LogP contribution in [0.15, 0.2) is 54.7 Å². The summed E-state index contributed by atoms with van der Waals surface area (Å²) in [7, 11) is 1.59. The number of benzene rings is 2. The molecule has 2 aromatic carbocycles. The Balaban J connectivity index is 1.78. The monoisotopic (exact) mass is 393 g/mol. The van der Waals surface area contributed by atoms with Crippen LogP contribution in [0.1, 0.15) is 11.1 Å². The molecule has 28 heavy (non-hydrogen) atoms. The van der Waals surface area contributed by atoms with Crippen LogP contribution in [0, 0.1) is 5.82 Å². The predicted molar refractivity (Wildman–Crippen MR) is 98.3 cm³/mol. The van der Waals surface area contributed by atoms with Crippen LogP contribution in [-0.4, -0.2) is 23.3 Å². The first kappa shape index (κ1) is 19.9. The second kappa shape index (κ2) is 8.43. The van der Waals surface area contributed by atoms with Crippen molar-refractivity contribution in [3.63, 3.8) is 0 Å². The molecule has 3 aromatic rings. The van der Waals surface area contributed by atoms with Crippen LogP contribution >= 0.6 is 0 Å². The zero-order chi connectivity index (χ0) is 20.1. The number of hydrogen-bond donors (Lipinski definition) is 1. The van der Waals surface area contributed by atoms with Crippen LogP contribution < -0.4 is 5.32 Å². The zero-order valence-corrected chi connectivity index (χ0v) is 15.1. The van der Waals surface area contributed by atoms with E-state index in [-0.39, 0.29) is 5.82 Å². The van der Waals surface area contributed by atoms with Gasteiger partial charge < -0.3 is 14.6 Å². The summed E-state index contributed by atoms with van der Waals surface area (Å²) in [6.45, 7) is 1.27. The van der Waals surface area contributed by atoms with Crippen LogP contribution in [0.2, 0.25) is 0 Å². The van der Waals surface area contributed by atoms with Crippen LogP contribution in [0.3, 0.4) is 0 Å². The van der Waals surface area contributed by atoms with E-state index in [4.69, 9.17) is 4.74 Å². The van der Waals surface area contributed by atoms with E-state index < -0.39 is 11.7 Å². The van der Waals surface area contributed by atoms with Crippen molar-refractivity contribution in [2.75, 3.05) is 19.0 Å². The van der Waals surface area contributed by atoms with Gasteiger partial charge in [0.1, 0.15) is 5.82 Å². The van der Waals surface area contributed by atoms with E-state index in [1.165, 1.54) is 24.3 Å². The van der Waals surface area contributed by atoms with Gasteiger partial charge >= 0.3 is 6.18 Å². The molecule has 8 heteroatoms. The highest BCUT2D eigenvalue weighted by Crippen LogP contribution is 2.29. The quantitative estimate of drug-likeness (QED) is 0.577. The second-order valence-corrected chi connectivity index (χ2v) is 6.17. The van der Waals surface area contributed by atoms with Gasteiger partial charge in [0.15, 0.2) is 0 Å². The second-order valence-electron chi connectivity index (χ2n) is 6.17. The number of rotatable bonds is 7. The molecular formula is C20H19F4N3O. The number of alkyl halides is 3. The summed E-state index contributed by atoms with van der Waals surface area (Å²) in [5, 5.41) is 3.14. The Morgan fingerprint density at radius 2 is 1.71 bits per heavy atom. The number of imidazole rings is 1. The standard InChI is InChI=1S/C20H19F4N3O/c1-28-11-10-27-18(15-4-8-17(21)9-5-15)13-26-19(27)25-12-14-2-6-16(7-3-14)20(22,23)24/h2-9,13H,10-12H2,1H3,(H,25,26). The molecule has 1 N–H and O–H groups in total. The number of halogens is 4. The number of hydrogen-bond acceptors (Lipinski definition) is 3. The smallest absolute Gasteiger partial charge is 0.383 e. The average Bonchev–Trinajstić information content (AvgIpc) is 3.07. The van der Waals surface area contributed by atoms with Crippen molar-refractivity contribution >= 4 is 5.95 Å². The molecule has 4 nitrogen and oxygen atoms in total. The minimum Gasteiger partial charge on any atom is -0.383 e. The maximum absolute atomic E-state index is 13.2. The molecule has 0 bridgehead atoms. The zero-order valence-electron chi connectivity index (χ0n) is 15.1. The van der Waals surface area contributed by atoms with Gasteiger partial charge in [0, 0.05) is 25.8 Å². The van der Waals surface area contributed by atoms with E-state index in [2.05, 4.69) is 10.3 Å². The number of anilines is 1. The average molecular weight is 393 g/mol. The lowest BCUT2D eigenvalue weighted by atomic mass is 10.1. The summed E-state index contributed by atoms with van der Waals surface area (Å²) in [6.07, 6.45) is -2.69. The Bertz CT molecular complexity index is 903. The van der Waals surface area contributed by atoms with Crippen molar-refractivity contribution in [1.29, 1.82) is 0 Å². The van der Waals surface area contributed by atoms with Gasteiger partial charge in [-0.05, 0) is 42.0 Å². The summed E-state index contributed by atoms with van der Waals surface area (Å²) < 4.78 is 58.2. The first-order valence-electron chi connectivity index (χ1n) is 8.59. The van der Waals surface area contributed by atoms with Crippen molar-refractivity contribution in [2.24, 2.45) is 0 Å². The molecule has 1 heterocycles. The minimum atomic E-state index is -4.35. The van der Waals surface area contributed by atoms with Gasteiger partial charge in [-0.2, -0.15) is 13.2 Å². The normalized spacial score (nSPS) is 11.6. The van der Waals surface area contributed by atoms with Crippen molar-refractivity contribution < 1.29 is 22.3 Å². The molecule has 148 valence electrons. The third-order valence-corrected chi connectivity index (χ3v) is 4.25. The van der Waals surface area contributed by atoms with Gasteiger partial charge in [-0.15, -0.1) is 0 Å². The first-order valence-corrected chi connectivity index (χ1v) is 8.59. The van der Waals surface area contributed by atoms with Crippen molar-refractivity contribution in [2.45, 2.75) is 19.3 Å². The molecule has 1 aromatic heterocycles. The summed E-state index contributed by atoms with van der Waals surface area (Å²) in [5.41, 5.74) is 1.59. The third kappa shape index (κ3) is 4.69. The Labute approximate surface area is 159 Å². The summed E-state index contributed by atoms with van der Waals surface area (Å²) in [4.78, 5) is 4.36. The van der Waals surface area contributed by atoms with Crippen molar-refractivity contribution in [1.82, 2.24) is 9.55 Å². The van der Waals surface area contributed by atoms with Gasteiger partial charge in [-0.25, -0.2) is 9.37 Å². The highest BCUT2D eigenvalue weighted by Gasteiger charge is 2.29. The highest BCUT2D eigenvalue weighted by molar-refractivity contribution is 5.61. The van der Waals surface area contributed by atoms with Gasteiger partial charge in [0.05, 0.1) is 24.1 Å². The summed E-state index contributed by atoms with van der Waals surface area (Å²) in [5.74, 6) is 0.226. The van der Waals surface area contributed by atoms with Crippen molar-refractivity contribution in [3.05, 3.63) is 71.7 Å². The first-order chi connectivity index (χ1) is 13.4. The molecule has 0 aliphatic heterocycles. The lowest BCUT2D eigenvalue weighted by molar-refractivity contribution is -0.137. The largest absolute Gasteiger partial charge is 0.416 e. The van der Waals surface area contributed by atoms with E-state index >= 15 is 0 Å². The molecule has 0 unspecified atom stereocenters. The third-order valence-electron chi connectivity index (χ3n) is 4.25. The molecule has 0 fully saturated rings. The molecule has 0 aliphatic rings. The molecule has 0 amide bonds. The van der Waals surface area contributed by atoms with E-state index in [1.807, 2.05) is 4.57 Å². The molecule has 0 radical (unpaired) electrons. The number of nitrogens with zero attached hydrogens (tertiary/aromatic N) is 2.